The van der Waals surface area contributed by atoms with E-state index in [4.69, 9.17) is 5.73 Å². The number of nitrogens with two attached hydrogens (primary N) is 1. The van der Waals surface area contributed by atoms with E-state index in [1.165, 1.54) is 0 Å². The molecule has 2 heterocycles. The van der Waals surface area contributed by atoms with Gasteiger partial charge in [0.05, 0.1) is 22.9 Å². The lowest BCUT2D eigenvalue weighted by molar-refractivity contribution is 0.654. The molecule has 1 aromatic carbocycles. The molecule has 0 aliphatic heterocycles. The van der Waals surface area contributed by atoms with Gasteiger partial charge in [0.1, 0.15) is 0 Å². The van der Waals surface area contributed by atoms with Crippen LogP contribution < -0.4 is 5.73 Å². The number of nitrogens with zero attached hydrogens (tertiary/aromatic N) is 5. The molecule has 3 rings (SSSR count). The molecule has 2 aromatic heterocycles. The van der Waals surface area contributed by atoms with E-state index in [1.54, 1.807) is 4.68 Å². The molecule has 2 N–H and O–H groups in total. The summed E-state index contributed by atoms with van der Waals surface area (Å²) in [5, 5.41) is 13.6. The summed E-state index contributed by atoms with van der Waals surface area (Å²) in [7, 11) is 3.78. The highest BCUT2D eigenvalue weighted by Gasteiger charge is 2.16. The van der Waals surface area contributed by atoms with Gasteiger partial charge in [-0.25, -0.2) is 0 Å². The summed E-state index contributed by atoms with van der Waals surface area (Å²) in [5.41, 5.74) is 9.14. The molecule has 0 fully saturated rings. The van der Waals surface area contributed by atoms with Crippen molar-refractivity contribution in [3.8, 4) is 0 Å². The Bertz CT molecular complexity index is 711. The van der Waals surface area contributed by atoms with E-state index in [0.29, 0.717) is 6.42 Å². The summed E-state index contributed by atoms with van der Waals surface area (Å²) in [6.07, 6.45) is 2.51. The first kappa shape index (κ1) is 11.9. The van der Waals surface area contributed by atoms with Gasteiger partial charge < -0.3 is 5.73 Å². The van der Waals surface area contributed by atoms with Crippen LogP contribution in [-0.4, -0.2) is 24.8 Å². The van der Waals surface area contributed by atoms with Gasteiger partial charge in [0.2, 0.25) is 0 Å². The van der Waals surface area contributed by atoms with Gasteiger partial charge in [-0.1, -0.05) is 23.4 Å². The molecule has 0 saturated carbocycles. The third-order valence-electron chi connectivity index (χ3n) is 3.22. The smallest absolute Gasteiger partial charge is 0.0874 e. The summed E-state index contributed by atoms with van der Waals surface area (Å²) < 4.78 is 3.54. The Labute approximate surface area is 110 Å². The van der Waals surface area contributed by atoms with Crippen molar-refractivity contribution in [1.29, 1.82) is 0 Å². The lowest BCUT2D eigenvalue weighted by atomic mass is 10.1. The fraction of sp³-hybridized carbons (Fsp3) is 0.308. The zero-order valence-corrected chi connectivity index (χ0v) is 11.0. The molecule has 0 radical (unpaired) electrons. The highest BCUT2D eigenvalue weighted by Crippen LogP contribution is 2.23. The standard InChI is InChI=1S/C13H16N6/c1-18-8-9(15-17-18)7-11(14)13-10-5-3-4-6-12(10)19(2)16-13/h3-6,8,11H,7,14H2,1-2H3. The molecule has 1 atom stereocenters. The van der Waals surface area contributed by atoms with Crippen molar-refractivity contribution >= 4 is 10.9 Å². The maximum Gasteiger partial charge on any atom is 0.0874 e. The van der Waals surface area contributed by atoms with Crippen LogP contribution in [-0.2, 0) is 20.5 Å². The Morgan fingerprint density at radius 3 is 2.79 bits per heavy atom. The molecule has 0 spiro atoms. The van der Waals surface area contributed by atoms with Crippen LogP contribution in [0.4, 0.5) is 0 Å². The molecule has 3 aromatic rings. The highest BCUT2D eigenvalue weighted by molar-refractivity contribution is 5.82. The van der Waals surface area contributed by atoms with E-state index in [0.717, 1.165) is 22.3 Å². The van der Waals surface area contributed by atoms with Gasteiger partial charge in [0, 0.05) is 32.1 Å². The fourth-order valence-corrected chi connectivity index (χ4v) is 2.33. The van der Waals surface area contributed by atoms with Crippen LogP contribution in [0.25, 0.3) is 10.9 Å². The molecule has 0 aliphatic carbocycles. The normalized spacial score (nSPS) is 13.0. The van der Waals surface area contributed by atoms with Crippen LogP contribution >= 0.6 is 0 Å². The van der Waals surface area contributed by atoms with E-state index in [1.807, 2.05) is 49.2 Å². The molecule has 19 heavy (non-hydrogen) atoms. The van der Waals surface area contributed by atoms with E-state index >= 15 is 0 Å². The second kappa shape index (κ2) is 4.47. The van der Waals surface area contributed by atoms with Crippen molar-refractivity contribution in [1.82, 2.24) is 24.8 Å². The Morgan fingerprint density at radius 1 is 1.26 bits per heavy atom. The van der Waals surface area contributed by atoms with Gasteiger partial charge in [0.25, 0.3) is 0 Å². The van der Waals surface area contributed by atoms with E-state index in [9.17, 15) is 0 Å². The van der Waals surface area contributed by atoms with Gasteiger partial charge in [0.15, 0.2) is 0 Å². The largest absolute Gasteiger partial charge is 0.322 e. The lowest BCUT2D eigenvalue weighted by Crippen LogP contribution is -2.15. The first-order chi connectivity index (χ1) is 9.15. The number of fused-ring (bicyclic) bond motifs is 1. The number of hydrogen-bond donors (Lipinski definition) is 1. The van der Waals surface area contributed by atoms with E-state index in [-0.39, 0.29) is 6.04 Å². The zero-order chi connectivity index (χ0) is 13.4. The quantitative estimate of drug-likeness (QED) is 0.757. The predicted molar refractivity (Wildman–Crippen MR) is 72.3 cm³/mol. The molecular formula is C13H16N6. The van der Waals surface area contributed by atoms with Crippen molar-refractivity contribution in [3.63, 3.8) is 0 Å². The van der Waals surface area contributed by atoms with Gasteiger partial charge in [-0.3, -0.25) is 9.36 Å². The minimum absolute atomic E-state index is 0.178. The number of aromatic nitrogens is 5. The van der Waals surface area contributed by atoms with Crippen molar-refractivity contribution in [2.24, 2.45) is 19.8 Å². The minimum Gasteiger partial charge on any atom is -0.322 e. The Hall–Kier alpha value is -2.21. The van der Waals surface area contributed by atoms with E-state index < -0.39 is 0 Å². The number of para-hydroxylation sites is 1. The van der Waals surface area contributed by atoms with Gasteiger partial charge in [-0.05, 0) is 6.07 Å². The Morgan fingerprint density at radius 2 is 2.05 bits per heavy atom. The second-order valence-corrected chi connectivity index (χ2v) is 4.72. The molecule has 1 unspecified atom stereocenters. The number of rotatable bonds is 3. The van der Waals surface area contributed by atoms with Crippen LogP contribution in [0.2, 0.25) is 0 Å². The molecule has 0 aliphatic rings. The molecule has 98 valence electrons. The number of benzene rings is 1. The first-order valence-corrected chi connectivity index (χ1v) is 6.17. The summed E-state index contributed by atoms with van der Waals surface area (Å²) in [6.45, 7) is 0. The first-order valence-electron chi connectivity index (χ1n) is 6.17. The van der Waals surface area contributed by atoms with Crippen molar-refractivity contribution in [2.75, 3.05) is 0 Å². The average Bonchev–Trinajstić information content (AvgIpc) is 2.95. The van der Waals surface area contributed by atoms with E-state index in [2.05, 4.69) is 15.4 Å². The Balaban J connectivity index is 1.95. The van der Waals surface area contributed by atoms with Crippen molar-refractivity contribution in [2.45, 2.75) is 12.5 Å². The van der Waals surface area contributed by atoms with Crippen LogP contribution in [0.1, 0.15) is 17.4 Å². The summed E-state index contributed by atoms with van der Waals surface area (Å²) in [5.74, 6) is 0. The van der Waals surface area contributed by atoms with Crippen LogP contribution in [0, 0.1) is 0 Å². The predicted octanol–water partition coefficient (Wildman–Crippen LogP) is 0.944. The summed E-state index contributed by atoms with van der Waals surface area (Å²) >= 11 is 0. The average molecular weight is 256 g/mol. The SMILES string of the molecule is Cn1cc(CC(N)c2nn(C)c3ccccc23)nn1. The molecular weight excluding hydrogens is 240 g/mol. The van der Waals surface area contributed by atoms with Crippen molar-refractivity contribution < 1.29 is 0 Å². The minimum atomic E-state index is -0.178. The molecule has 6 nitrogen and oxygen atoms in total. The molecule has 0 saturated heterocycles. The van der Waals surface area contributed by atoms with Gasteiger partial charge in [-0.2, -0.15) is 5.10 Å². The number of hydrogen-bond acceptors (Lipinski definition) is 4. The van der Waals surface area contributed by atoms with Crippen LogP contribution in [0.3, 0.4) is 0 Å². The van der Waals surface area contributed by atoms with Gasteiger partial charge >= 0.3 is 0 Å². The maximum atomic E-state index is 6.26. The third-order valence-corrected chi connectivity index (χ3v) is 3.22. The lowest BCUT2D eigenvalue weighted by Gasteiger charge is -2.06. The van der Waals surface area contributed by atoms with Crippen LogP contribution in [0.5, 0.6) is 0 Å². The monoisotopic (exact) mass is 256 g/mol. The molecule has 6 heteroatoms. The van der Waals surface area contributed by atoms with Crippen LogP contribution in [0.15, 0.2) is 30.5 Å². The highest BCUT2D eigenvalue weighted by atomic mass is 15.4. The maximum absolute atomic E-state index is 6.26. The number of aryl methyl sites for hydroxylation is 2. The van der Waals surface area contributed by atoms with Crippen molar-refractivity contribution in [3.05, 3.63) is 41.9 Å². The van der Waals surface area contributed by atoms with Gasteiger partial charge in [-0.15, -0.1) is 5.10 Å². The fourth-order valence-electron chi connectivity index (χ4n) is 2.33. The summed E-state index contributed by atoms with van der Waals surface area (Å²) in [4.78, 5) is 0. The molecule has 0 bridgehead atoms. The summed E-state index contributed by atoms with van der Waals surface area (Å²) in [6, 6.07) is 7.92. The second-order valence-electron chi connectivity index (χ2n) is 4.72. The topological polar surface area (TPSA) is 74.6 Å². The Kier molecular flexibility index (Phi) is 2.79. The zero-order valence-electron chi connectivity index (χ0n) is 11.0. The molecule has 0 amide bonds. The third kappa shape index (κ3) is 2.10.